The lowest BCUT2D eigenvalue weighted by atomic mass is 9.81. The molecule has 4 rings (SSSR count). The molecule has 9 nitrogen and oxygen atoms in total. The van der Waals surface area contributed by atoms with Crippen LogP contribution >= 0.6 is 15.9 Å². The van der Waals surface area contributed by atoms with Gasteiger partial charge < -0.3 is 15.0 Å². The zero-order valence-electron chi connectivity index (χ0n) is 24.1. The van der Waals surface area contributed by atoms with Crippen LogP contribution in [0, 0.1) is 5.92 Å². The van der Waals surface area contributed by atoms with Crippen LogP contribution < -0.4 is 15.0 Å². The van der Waals surface area contributed by atoms with Crippen LogP contribution in [0.3, 0.4) is 0 Å². The molecular formula is C29H47BrN6O3S. The number of nitrogens with zero attached hydrogens (tertiary/aromatic N) is 5. The standard InChI is InChI=1S/C28H43BrN6O3S.CH4/c1-28(2,3)35-15-13-34(14-16-35)21-11-12-23(26(18-21)38-5)31-27-30-19-22(29)24(32-27)17-20-9-7-8-10-25(20)33(4)39(6,36)37;/h11-12,18-20,25H,7-10,13-17H2,1-6H3,(H,30,31,32);1H4/t20-,25+;/m0./s1. The Morgan fingerprint density at radius 2 is 1.82 bits per heavy atom. The first-order valence-electron chi connectivity index (χ1n) is 13.8. The van der Waals surface area contributed by atoms with Crippen molar-refractivity contribution < 1.29 is 13.2 Å². The van der Waals surface area contributed by atoms with E-state index in [0.29, 0.717) is 12.4 Å². The maximum absolute atomic E-state index is 12.3. The van der Waals surface area contributed by atoms with E-state index in [1.165, 1.54) is 6.26 Å². The number of benzene rings is 1. The minimum Gasteiger partial charge on any atom is -0.494 e. The van der Waals surface area contributed by atoms with E-state index in [4.69, 9.17) is 9.72 Å². The van der Waals surface area contributed by atoms with E-state index in [9.17, 15) is 8.42 Å². The number of ether oxygens (including phenoxy) is 1. The lowest BCUT2D eigenvalue weighted by Gasteiger charge is -2.43. The lowest BCUT2D eigenvalue weighted by Crippen LogP contribution is -2.53. The summed E-state index contributed by atoms with van der Waals surface area (Å²) in [6, 6.07) is 6.19. The molecule has 2 heterocycles. The number of aromatic nitrogens is 2. The first-order valence-corrected chi connectivity index (χ1v) is 16.4. The Morgan fingerprint density at radius 1 is 1.15 bits per heavy atom. The molecule has 1 aliphatic heterocycles. The molecule has 2 aliphatic rings. The van der Waals surface area contributed by atoms with Gasteiger partial charge in [0.05, 0.1) is 29.2 Å². The van der Waals surface area contributed by atoms with Crippen molar-refractivity contribution >= 4 is 43.3 Å². The molecule has 0 amide bonds. The van der Waals surface area contributed by atoms with E-state index in [1.807, 2.05) is 6.07 Å². The van der Waals surface area contributed by atoms with E-state index >= 15 is 0 Å². The summed E-state index contributed by atoms with van der Waals surface area (Å²) in [7, 11) is 0.114. The highest BCUT2D eigenvalue weighted by atomic mass is 79.9. The number of sulfonamides is 1. The molecule has 1 aliphatic carbocycles. The van der Waals surface area contributed by atoms with Crippen molar-refractivity contribution in [1.29, 1.82) is 0 Å². The van der Waals surface area contributed by atoms with E-state index in [2.05, 4.69) is 68.9 Å². The predicted octanol–water partition coefficient (Wildman–Crippen LogP) is 5.54. The third-order valence-electron chi connectivity index (χ3n) is 8.16. The van der Waals surface area contributed by atoms with Crippen LogP contribution in [0.2, 0.25) is 0 Å². The maximum Gasteiger partial charge on any atom is 0.227 e. The number of nitrogens with one attached hydrogen (secondary N) is 1. The minimum absolute atomic E-state index is 0. The van der Waals surface area contributed by atoms with Gasteiger partial charge in [-0.05, 0) is 74.0 Å². The van der Waals surface area contributed by atoms with E-state index in [1.54, 1.807) is 24.7 Å². The zero-order chi connectivity index (χ0) is 28.4. The molecule has 0 bridgehead atoms. The Labute approximate surface area is 249 Å². The van der Waals surface area contributed by atoms with E-state index in [-0.39, 0.29) is 24.9 Å². The number of hydrogen-bond donors (Lipinski definition) is 1. The summed E-state index contributed by atoms with van der Waals surface area (Å²) in [6.07, 6.45) is 7.71. The van der Waals surface area contributed by atoms with Crippen LogP contribution in [0.1, 0.15) is 59.6 Å². The molecule has 1 N–H and O–H groups in total. The largest absolute Gasteiger partial charge is 0.494 e. The summed E-state index contributed by atoms with van der Waals surface area (Å²) in [5.41, 5.74) is 3.00. The molecule has 11 heteroatoms. The third kappa shape index (κ3) is 7.86. The fraction of sp³-hybridized carbons (Fsp3) is 0.655. The number of methoxy groups -OCH3 is 1. The van der Waals surface area contributed by atoms with Crippen molar-refractivity contribution in [3.8, 4) is 5.75 Å². The SMILES string of the molecule is C.COc1cc(N2CCN(C(C)(C)C)CC2)ccc1Nc1ncc(Br)c(C[C@@H]2CCCC[C@H]2N(C)S(C)(=O)=O)n1. The molecule has 1 saturated carbocycles. The molecule has 0 radical (unpaired) electrons. The molecule has 0 spiro atoms. The van der Waals surface area contributed by atoms with Crippen LogP contribution in [0.5, 0.6) is 5.75 Å². The molecule has 40 heavy (non-hydrogen) atoms. The van der Waals surface area contributed by atoms with Crippen molar-refractivity contribution in [3.63, 3.8) is 0 Å². The van der Waals surface area contributed by atoms with Crippen molar-refractivity contribution in [1.82, 2.24) is 19.2 Å². The molecule has 1 aromatic heterocycles. The number of rotatable bonds is 8. The molecule has 1 saturated heterocycles. The molecule has 1 aromatic carbocycles. The van der Waals surface area contributed by atoms with Crippen LogP contribution in [0.25, 0.3) is 0 Å². The summed E-state index contributed by atoms with van der Waals surface area (Å²) in [6.45, 7) is 10.8. The van der Waals surface area contributed by atoms with Gasteiger partial charge in [-0.1, -0.05) is 20.3 Å². The number of anilines is 3. The Hall–Kier alpha value is -1.95. The van der Waals surface area contributed by atoms with Gasteiger partial charge in [-0.15, -0.1) is 0 Å². The molecule has 0 unspecified atom stereocenters. The Kier molecular flexibility index (Phi) is 10.9. The average Bonchev–Trinajstić information content (AvgIpc) is 2.90. The predicted molar refractivity (Wildman–Crippen MR) is 168 cm³/mol. The summed E-state index contributed by atoms with van der Waals surface area (Å²) >= 11 is 3.62. The van der Waals surface area contributed by atoms with Gasteiger partial charge in [0.1, 0.15) is 5.75 Å². The van der Waals surface area contributed by atoms with Gasteiger partial charge in [0.25, 0.3) is 0 Å². The van der Waals surface area contributed by atoms with Gasteiger partial charge in [-0.25, -0.2) is 22.7 Å². The Morgan fingerprint density at radius 3 is 2.45 bits per heavy atom. The number of hydrogen-bond acceptors (Lipinski definition) is 8. The van der Waals surface area contributed by atoms with Crippen molar-refractivity contribution in [2.24, 2.45) is 5.92 Å². The summed E-state index contributed by atoms with van der Waals surface area (Å²) < 4.78 is 32.6. The smallest absolute Gasteiger partial charge is 0.227 e. The maximum atomic E-state index is 12.3. The fourth-order valence-electron chi connectivity index (χ4n) is 5.74. The van der Waals surface area contributed by atoms with Gasteiger partial charge in [0.15, 0.2) is 0 Å². The normalized spacial score (nSPS) is 20.8. The lowest BCUT2D eigenvalue weighted by molar-refractivity contribution is 0.128. The van der Waals surface area contributed by atoms with Crippen LogP contribution in [0.4, 0.5) is 17.3 Å². The van der Waals surface area contributed by atoms with Crippen molar-refractivity contribution in [2.75, 3.05) is 56.8 Å². The summed E-state index contributed by atoms with van der Waals surface area (Å²) in [5, 5.41) is 3.34. The summed E-state index contributed by atoms with van der Waals surface area (Å²) in [4.78, 5) is 14.2. The molecule has 2 fully saturated rings. The summed E-state index contributed by atoms with van der Waals surface area (Å²) in [5.74, 6) is 1.42. The van der Waals surface area contributed by atoms with Gasteiger partial charge in [-0.2, -0.15) is 0 Å². The van der Waals surface area contributed by atoms with Gasteiger partial charge in [-0.3, -0.25) is 4.90 Å². The Balaban J connectivity index is 0.00000441. The van der Waals surface area contributed by atoms with Gasteiger partial charge in [0.2, 0.25) is 16.0 Å². The molecular weight excluding hydrogens is 592 g/mol. The van der Waals surface area contributed by atoms with Gasteiger partial charge >= 0.3 is 0 Å². The second kappa shape index (κ2) is 13.4. The van der Waals surface area contributed by atoms with Crippen LogP contribution in [-0.2, 0) is 16.4 Å². The molecule has 224 valence electrons. The van der Waals surface area contributed by atoms with Crippen LogP contribution in [-0.4, -0.2) is 85.8 Å². The Bertz CT molecular complexity index is 1240. The monoisotopic (exact) mass is 638 g/mol. The second-order valence-electron chi connectivity index (χ2n) is 11.7. The minimum atomic E-state index is -3.26. The molecule has 2 atom stereocenters. The number of piperazine rings is 1. The fourth-order valence-corrected chi connectivity index (χ4v) is 6.86. The van der Waals surface area contributed by atoms with Crippen molar-refractivity contribution in [3.05, 3.63) is 34.6 Å². The first-order chi connectivity index (χ1) is 18.4. The van der Waals surface area contributed by atoms with Gasteiger partial charge in [0, 0.05) is 62.8 Å². The third-order valence-corrected chi connectivity index (χ3v) is 10.1. The van der Waals surface area contributed by atoms with Crippen molar-refractivity contribution in [2.45, 2.75) is 71.9 Å². The highest BCUT2D eigenvalue weighted by molar-refractivity contribution is 9.10. The highest BCUT2D eigenvalue weighted by Crippen LogP contribution is 2.35. The van der Waals surface area contributed by atoms with Crippen LogP contribution in [0.15, 0.2) is 28.9 Å². The molecule has 2 aromatic rings. The first kappa shape index (κ1) is 32.6. The second-order valence-corrected chi connectivity index (χ2v) is 14.6. The average molecular weight is 640 g/mol. The van der Waals surface area contributed by atoms with E-state index in [0.717, 1.165) is 79.2 Å². The number of halogens is 1. The van der Waals surface area contributed by atoms with E-state index < -0.39 is 10.0 Å². The highest BCUT2D eigenvalue weighted by Gasteiger charge is 2.33. The zero-order valence-corrected chi connectivity index (χ0v) is 26.5. The topological polar surface area (TPSA) is 90.9 Å². The quantitative estimate of drug-likeness (QED) is 0.403.